The van der Waals surface area contributed by atoms with E-state index in [2.05, 4.69) is 41.8 Å². The van der Waals surface area contributed by atoms with Crippen LogP contribution in [0.25, 0.3) is 5.69 Å². The molecule has 19 heteroatoms. The number of aromatic nitrogens is 6. The topological polar surface area (TPSA) is 137 Å². The number of rotatable bonds is 14. The molecule has 1 unspecified atom stereocenters. The van der Waals surface area contributed by atoms with E-state index in [0.717, 1.165) is 69.8 Å². The largest absolute Gasteiger partial charge is 0.491 e. The van der Waals surface area contributed by atoms with Gasteiger partial charge in [-0.25, -0.2) is 32.5 Å². The highest BCUT2D eigenvalue weighted by atomic mass is 35.5. The predicted octanol–water partition coefficient (Wildman–Crippen LogP) is 4.20. The highest BCUT2D eigenvalue weighted by Crippen LogP contribution is 2.38. The van der Waals surface area contributed by atoms with Gasteiger partial charge < -0.3 is 33.6 Å². The summed E-state index contributed by atoms with van der Waals surface area (Å²) in [5.41, 5.74) is 2.20. The number of hydrogen-bond donors (Lipinski definition) is 0. The standard InChI is InChI=1S/C44H54F2N10O6.ClH/c1-43(2,3)40(61-41(57)25-51-17-15-50(4)16-18-51)24-56-42(58)55(31-49-56)35-8-6-33(7-9-35)52-19-21-53(22-20-52)34-10-12-36(13-11-34)59-26-37-27-60-44(62-37,28-54-30-47-29-48-54)38-14-5-32(45)23-39(38)46;/h5-14,23,29-31,37,40H,15-22,24-28H2,1-4H3;1H/t37-,40?,44-;/m1./s1. The molecule has 3 aliphatic rings. The van der Waals surface area contributed by atoms with Crippen molar-refractivity contribution in [1.29, 1.82) is 0 Å². The van der Waals surface area contributed by atoms with E-state index in [9.17, 15) is 18.4 Å². The average Bonchev–Trinajstić information content (AvgIpc) is 4.02. The molecule has 3 saturated heterocycles. The number of piperazine rings is 2. The van der Waals surface area contributed by atoms with Gasteiger partial charge in [-0.2, -0.15) is 10.2 Å². The number of benzene rings is 3. The van der Waals surface area contributed by atoms with Crippen molar-refractivity contribution in [1.82, 2.24) is 38.9 Å². The Hall–Kier alpha value is -5.40. The van der Waals surface area contributed by atoms with Crippen LogP contribution >= 0.6 is 12.4 Å². The Kier molecular flexibility index (Phi) is 14.2. The predicted molar refractivity (Wildman–Crippen MR) is 234 cm³/mol. The summed E-state index contributed by atoms with van der Waals surface area (Å²) < 4.78 is 57.4. The van der Waals surface area contributed by atoms with Crippen LogP contribution in [-0.2, 0) is 37.9 Å². The van der Waals surface area contributed by atoms with Crippen LogP contribution in [0, 0.1) is 17.0 Å². The smallest absolute Gasteiger partial charge is 0.350 e. The molecule has 338 valence electrons. The molecule has 8 rings (SSSR count). The maximum absolute atomic E-state index is 15.0. The SMILES string of the molecule is CN1CCN(CC(=O)OC(Cn2ncn(-c3ccc(N4CCN(c5ccc(OC[C@@H]6CO[C@@](Cn7cncn7)(c7ccc(F)cc7F)O6)cc5)CC4)cc3)c2=O)C(C)(C)C)CC1.Cl. The van der Waals surface area contributed by atoms with Crippen molar-refractivity contribution < 1.29 is 32.5 Å². The Morgan fingerprint density at radius 2 is 1.52 bits per heavy atom. The summed E-state index contributed by atoms with van der Waals surface area (Å²) in [7, 11) is 2.08. The Morgan fingerprint density at radius 1 is 0.873 bits per heavy atom. The first kappa shape index (κ1) is 45.6. The number of ether oxygens (including phenoxy) is 4. The number of halogens is 3. The molecular formula is C44H55ClF2N10O6. The van der Waals surface area contributed by atoms with Gasteiger partial charge in [-0.3, -0.25) is 9.69 Å². The zero-order valence-corrected chi connectivity index (χ0v) is 36.8. The van der Waals surface area contributed by atoms with Crippen molar-refractivity contribution in [2.24, 2.45) is 5.41 Å². The lowest BCUT2D eigenvalue weighted by molar-refractivity contribution is -0.192. The number of esters is 1. The van der Waals surface area contributed by atoms with Gasteiger partial charge in [0.25, 0.3) is 0 Å². The average molecular weight is 893 g/mol. The number of anilines is 2. The first-order chi connectivity index (χ1) is 29.8. The first-order valence-corrected chi connectivity index (χ1v) is 21.0. The van der Waals surface area contributed by atoms with Crippen molar-refractivity contribution in [2.75, 3.05) is 89.0 Å². The lowest BCUT2D eigenvalue weighted by atomic mass is 9.89. The molecule has 3 atom stereocenters. The maximum atomic E-state index is 15.0. The summed E-state index contributed by atoms with van der Waals surface area (Å²) in [5.74, 6) is -2.65. The molecule has 0 spiro atoms. The number of hydrogen-bond acceptors (Lipinski definition) is 13. The van der Waals surface area contributed by atoms with Gasteiger partial charge in [0.2, 0.25) is 5.79 Å². The van der Waals surface area contributed by atoms with Crippen molar-refractivity contribution >= 4 is 29.8 Å². The van der Waals surface area contributed by atoms with Crippen molar-refractivity contribution in [3.8, 4) is 11.4 Å². The van der Waals surface area contributed by atoms with Gasteiger partial charge in [-0.15, -0.1) is 12.4 Å². The first-order valence-electron chi connectivity index (χ1n) is 21.0. The molecule has 0 saturated carbocycles. The van der Waals surface area contributed by atoms with Gasteiger partial charge >= 0.3 is 11.7 Å². The van der Waals surface area contributed by atoms with E-state index in [1.807, 2.05) is 69.3 Å². The van der Waals surface area contributed by atoms with E-state index >= 15 is 0 Å². The second kappa shape index (κ2) is 19.6. The van der Waals surface area contributed by atoms with Crippen LogP contribution < -0.4 is 20.2 Å². The van der Waals surface area contributed by atoms with E-state index in [1.165, 1.54) is 45.0 Å². The normalized spacial score (nSPS) is 20.4. The van der Waals surface area contributed by atoms with Crippen LogP contribution in [0.4, 0.5) is 20.2 Å². The van der Waals surface area contributed by atoms with Crippen LogP contribution in [0.2, 0.25) is 0 Å². The van der Waals surface area contributed by atoms with Crippen LogP contribution in [0.15, 0.2) is 90.5 Å². The molecule has 0 N–H and O–H groups in total. The minimum Gasteiger partial charge on any atom is -0.491 e. The Morgan fingerprint density at radius 3 is 2.14 bits per heavy atom. The van der Waals surface area contributed by atoms with Crippen LogP contribution in [0.1, 0.15) is 26.3 Å². The summed E-state index contributed by atoms with van der Waals surface area (Å²) >= 11 is 0. The Balaban J connectivity index is 0.00000595. The van der Waals surface area contributed by atoms with E-state index in [-0.39, 0.29) is 62.5 Å². The fourth-order valence-electron chi connectivity index (χ4n) is 7.94. The van der Waals surface area contributed by atoms with E-state index in [1.54, 1.807) is 0 Å². The number of carbonyl (C=O) groups is 1. The third kappa shape index (κ3) is 10.9. The lowest BCUT2D eigenvalue weighted by Crippen LogP contribution is -2.47. The minimum absolute atomic E-state index is 0. The molecule has 63 heavy (non-hydrogen) atoms. The number of nitrogens with zero attached hydrogens (tertiary/aromatic N) is 10. The highest BCUT2D eigenvalue weighted by molar-refractivity contribution is 5.85. The van der Waals surface area contributed by atoms with Gasteiger partial charge in [-0.05, 0) is 67.7 Å². The van der Waals surface area contributed by atoms with E-state index < -0.39 is 35.0 Å². The molecule has 5 heterocycles. The van der Waals surface area contributed by atoms with E-state index in [0.29, 0.717) is 11.4 Å². The van der Waals surface area contributed by atoms with Crippen molar-refractivity contribution in [2.45, 2.75) is 51.9 Å². The van der Waals surface area contributed by atoms with Gasteiger partial charge in [0.15, 0.2) is 0 Å². The van der Waals surface area contributed by atoms with Crippen molar-refractivity contribution in [3.63, 3.8) is 0 Å². The summed E-state index contributed by atoms with van der Waals surface area (Å²) in [6.45, 7) is 13.4. The van der Waals surface area contributed by atoms with Gasteiger partial charge in [0.05, 0.1) is 25.4 Å². The fourth-order valence-corrected chi connectivity index (χ4v) is 7.94. The summed E-state index contributed by atoms with van der Waals surface area (Å²) in [6, 6.07) is 19.1. The molecular weight excluding hydrogens is 838 g/mol. The summed E-state index contributed by atoms with van der Waals surface area (Å²) in [5, 5.41) is 8.51. The molecule has 0 bridgehead atoms. The van der Waals surface area contributed by atoms with Crippen LogP contribution in [-0.4, -0.2) is 136 Å². The Bertz CT molecular complexity index is 2330. The molecule has 0 aliphatic carbocycles. The number of carbonyl (C=O) groups excluding carboxylic acids is 1. The summed E-state index contributed by atoms with van der Waals surface area (Å²) in [4.78, 5) is 39.4. The zero-order valence-electron chi connectivity index (χ0n) is 36.0. The maximum Gasteiger partial charge on any atom is 0.350 e. The molecule has 0 radical (unpaired) electrons. The molecule has 3 fully saturated rings. The molecule has 3 aliphatic heterocycles. The highest BCUT2D eigenvalue weighted by Gasteiger charge is 2.46. The van der Waals surface area contributed by atoms with Crippen molar-refractivity contribution in [3.05, 3.63) is 113 Å². The summed E-state index contributed by atoms with van der Waals surface area (Å²) in [6.07, 6.45) is 3.29. The molecule has 3 aromatic carbocycles. The molecule has 16 nitrogen and oxygen atoms in total. The monoisotopic (exact) mass is 892 g/mol. The molecule has 2 aromatic heterocycles. The molecule has 0 amide bonds. The number of likely N-dealkylation sites (N-methyl/N-ethyl adjacent to an activating group) is 1. The second-order valence-electron chi connectivity index (χ2n) is 17.2. The molecule has 5 aromatic rings. The minimum atomic E-state index is -1.53. The van der Waals surface area contributed by atoms with Crippen LogP contribution in [0.5, 0.6) is 5.75 Å². The Labute approximate surface area is 371 Å². The fraction of sp³-hybridized carbons (Fsp3) is 0.477. The van der Waals surface area contributed by atoms with Crippen LogP contribution in [0.3, 0.4) is 0 Å². The quantitative estimate of drug-likeness (QED) is 0.148. The zero-order chi connectivity index (χ0) is 43.4. The third-order valence-corrected chi connectivity index (χ3v) is 11.7. The lowest BCUT2D eigenvalue weighted by Gasteiger charge is -2.37. The van der Waals surface area contributed by atoms with Gasteiger partial charge in [-0.1, -0.05) is 20.8 Å². The third-order valence-electron chi connectivity index (χ3n) is 11.7. The second-order valence-corrected chi connectivity index (χ2v) is 17.2. The van der Waals surface area contributed by atoms with Gasteiger partial charge in [0, 0.05) is 80.8 Å². The van der Waals surface area contributed by atoms with Gasteiger partial charge in [0.1, 0.15) is 61.7 Å². The van der Waals surface area contributed by atoms with E-state index in [4.69, 9.17) is 18.9 Å².